The fourth-order valence-electron chi connectivity index (χ4n) is 5.29. The van der Waals surface area contributed by atoms with Crippen molar-refractivity contribution < 1.29 is 0 Å². The molecular formula is C30H30. The highest BCUT2D eigenvalue weighted by molar-refractivity contribution is 5.87. The molecule has 0 fully saturated rings. The molecule has 0 spiro atoms. The lowest BCUT2D eigenvalue weighted by Gasteiger charge is -2.35. The lowest BCUT2D eigenvalue weighted by Crippen LogP contribution is -2.29. The Balaban J connectivity index is 1.86. The van der Waals surface area contributed by atoms with Crippen molar-refractivity contribution in [2.24, 2.45) is 11.3 Å². The van der Waals surface area contributed by atoms with Gasteiger partial charge in [-0.1, -0.05) is 118 Å². The van der Waals surface area contributed by atoms with Gasteiger partial charge in [0.1, 0.15) is 0 Å². The third-order valence-electron chi connectivity index (χ3n) is 6.89. The first-order valence-corrected chi connectivity index (χ1v) is 11.2. The van der Waals surface area contributed by atoms with Crippen LogP contribution in [0.5, 0.6) is 0 Å². The zero-order chi connectivity index (χ0) is 20.8. The van der Waals surface area contributed by atoms with Gasteiger partial charge < -0.3 is 0 Å². The minimum absolute atomic E-state index is 0.0548. The quantitative estimate of drug-likeness (QED) is 0.488. The van der Waals surface area contributed by atoms with Crippen LogP contribution < -0.4 is 0 Å². The van der Waals surface area contributed by atoms with E-state index in [0.29, 0.717) is 5.92 Å². The molecule has 5 rings (SSSR count). The first kappa shape index (κ1) is 19.1. The molecule has 1 unspecified atom stereocenters. The highest BCUT2D eigenvalue weighted by Gasteiger charge is 2.47. The van der Waals surface area contributed by atoms with Crippen molar-refractivity contribution >= 4 is 0 Å². The zero-order valence-corrected chi connectivity index (χ0v) is 18.2. The first-order chi connectivity index (χ1) is 14.5. The number of rotatable bonds is 2. The number of hydrogen-bond acceptors (Lipinski definition) is 0. The predicted octanol–water partition coefficient (Wildman–Crippen LogP) is 7.94. The molecule has 2 aromatic carbocycles. The molecule has 2 aromatic rings. The highest BCUT2D eigenvalue weighted by Crippen LogP contribution is 2.57. The van der Waals surface area contributed by atoms with Gasteiger partial charge in [0, 0.05) is 5.41 Å². The van der Waals surface area contributed by atoms with E-state index in [1.807, 2.05) is 0 Å². The fourth-order valence-corrected chi connectivity index (χ4v) is 5.29. The third kappa shape index (κ3) is 2.89. The first-order valence-electron chi connectivity index (χ1n) is 11.2. The summed E-state index contributed by atoms with van der Waals surface area (Å²) in [6, 6.07) is 18.0. The Morgan fingerprint density at radius 1 is 0.767 bits per heavy atom. The van der Waals surface area contributed by atoms with Gasteiger partial charge in [-0.3, -0.25) is 0 Å². The van der Waals surface area contributed by atoms with E-state index in [4.69, 9.17) is 0 Å². The molecule has 0 saturated heterocycles. The van der Waals surface area contributed by atoms with Gasteiger partial charge in [0.15, 0.2) is 0 Å². The standard InChI is InChI=1S/C30H30/c1-22-10-8-11-23(18-17-22)30(24-12-9-20-29(2,3)21-19-24)27-15-6-4-13-25(27)26-14-5-7-16-28(26)30/h4-9,11-16,18-22H,10,17H2,1-3H3. The molecule has 0 heteroatoms. The van der Waals surface area contributed by atoms with Gasteiger partial charge in [-0.2, -0.15) is 0 Å². The van der Waals surface area contributed by atoms with Crippen LogP contribution in [0.15, 0.2) is 108 Å². The second-order valence-electron chi connectivity index (χ2n) is 9.62. The smallest absolute Gasteiger partial charge is 0.0710 e. The van der Waals surface area contributed by atoms with Crippen LogP contribution in [-0.2, 0) is 5.41 Å². The van der Waals surface area contributed by atoms with Crippen molar-refractivity contribution in [3.8, 4) is 11.1 Å². The number of allylic oxidation sites excluding steroid dienone is 10. The molecule has 3 aliphatic carbocycles. The number of hydrogen-bond donors (Lipinski definition) is 0. The molecule has 0 bridgehead atoms. The van der Waals surface area contributed by atoms with Crippen LogP contribution in [-0.4, -0.2) is 0 Å². The van der Waals surface area contributed by atoms with Gasteiger partial charge in [0.25, 0.3) is 0 Å². The summed E-state index contributed by atoms with van der Waals surface area (Å²) in [5, 5.41) is 0. The maximum absolute atomic E-state index is 2.50. The summed E-state index contributed by atoms with van der Waals surface area (Å²) in [6.07, 6.45) is 21.2. The van der Waals surface area contributed by atoms with Crippen LogP contribution in [0.3, 0.4) is 0 Å². The van der Waals surface area contributed by atoms with Gasteiger partial charge in [-0.05, 0) is 52.2 Å². The van der Waals surface area contributed by atoms with Gasteiger partial charge in [0.05, 0.1) is 5.41 Å². The Morgan fingerprint density at radius 3 is 2.13 bits per heavy atom. The maximum atomic E-state index is 2.50. The summed E-state index contributed by atoms with van der Waals surface area (Å²) < 4.78 is 0. The molecule has 3 aliphatic rings. The van der Waals surface area contributed by atoms with Crippen molar-refractivity contribution in [1.82, 2.24) is 0 Å². The van der Waals surface area contributed by atoms with E-state index in [0.717, 1.165) is 12.8 Å². The maximum Gasteiger partial charge on any atom is 0.0710 e. The van der Waals surface area contributed by atoms with Crippen molar-refractivity contribution in [2.75, 3.05) is 0 Å². The molecule has 0 aromatic heterocycles. The molecule has 1 atom stereocenters. The van der Waals surface area contributed by atoms with Crippen LogP contribution in [0.2, 0.25) is 0 Å². The molecule has 0 amide bonds. The lowest BCUT2D eigenvalue weighted by molar-refractivity contribution is 0.604. The van der Waals surface area contributed by atoms with Crippen molar-refractivity contribution in [3.05, 3.63) is 119 Å². The average molecular weight is 391 g/mol. The van der Waals surface area contributed by atoms with Crippen molar-refractivity contribution in [2.45, 2.75) is 39.0 Å². The van der Waals surface area contributed by atoms with Crippen LogP contribution in [0.4, 0.5) is 0 Å². The largest absolute Gasteiger partial charge is 0.0839 e. The monoisotopic (exact) mass is 390 g/mol. The minimum Gasteiger partial charge on any atom is -0.0839 e. The molecular weight excluding hydrogens is 360 g/mol. The minimum atomic E-state index is -0.269. The van der Waals surface area contributed by atoms with E-state index in [9.17, 15) is 0 Å². The summed E-state index contributed by atoms with van der Waals surface area (Å²) in [6.45, 7) is 6.89. The highest BCUT2D eigenvalue weighted by atomic mass is 14.5. The van der Waals surface area contributed by atoms with Gasteiger partial charge in [0.2, 0.25) is 0 Å². The summed E-state index contributed by atoms with van der Waals surface area (Å²) in [4.78, 5) is 0. The Hall–Kier alpha value is -2.86. The molecule has 0 radical (unpaired) electrons. The predicted molar refractivity (Wildman–Crippen MR) is 128 cm³/mol. The van der Waals surface area contributed by atoms with Crippen LogP contribution >= 0.6 is 0 Å². The van der Waals surface area contributed by atoms with E-state index < -0.39 is 0 Å². The molecule has 150 valence electrons. The SMILES string of the molecule is CC1CC=CC(C2(C3=CC=CC(C)(C)C=C3)c3ccccc3-c3ccccc32)=CC1. The summed E-state index contributed by atoms with van der Waals surface area (Å²) in [5.41, 5.74) is 8.08. The molecule has 0 N–H and O–H groups in total. The molecule has 0 aliphatic heterocycles. The van der Waals surface area contributed by atoms with Gasteiger partial charge >= 0.3 is 0 Å². The number of fused-ring (bicyclic) bond motifs is 3. The van der Waals surface area contributed by atoms with E-state index in [1.165, 1.54) is 33.4 Å². The van der Waals surface area contributed by atoms with E-state index in [-0.39, 0.29) is 10.8 Å². The lowest BCUT2D eigenvalue weighted by atomic mass is 9.66. The normalized spacial score (nSPS) is 23.1. The fraction of sp³-hybridized carbons (Fsp3) is 0.267. The molecule has 0 saturated carbocycles. The van der Waals surface area contributed by atoms with Crippen molar-refractivity contribution in [1.29, 1.82) is 0 Å². The van der Waals surface area contributed by atoms with Crippen LogP contribution in [0.25, 0.3) is 11.1 Å². The average Bonchev–Trinajstić information content (AvgIpc) is 2.88. The Kier molecular flexibility index (Phi) is 4.54. The van der Waals surface area contributed by atoms with Crippen LogP contribution in [0.1, 0.15) is 44.7 Å². The van der Waals surface area contributed by atoms with E-state index >= 15 is 0 Å². The Labute approximate surface area is 181 Å². The topological polar surface area (TPSA) is 0 Å². The zero-order valence-electron chi connectivity index (χ0n) is 18.2. The Bertz CT molecular complexity index is 1080. The molecule has 0 heterocycles. The second kappa shape index (κ2) is 7.13. The molecule has 30 heavy (non-hydrogen) atoms. The van der Waals surface area contributed by atoms with Crippen molar-refractivity contribution in [3.63, 3.8) is 0 Å². The van der Waals surface area contributed by atoms with Crippen LogP contribution in [0, 0.1) is 11.3 Å². The second-order valence-corrected chi connectivity index (χ2v) is 9.62. The van der Waals surface area contributed by atoms with Gasteiger partial charge in [-0.25, -0.2) is 0 Å². The van der Waals surface area contributed by atoms with E-state index in [2.05, 4.69) is 118 Å². The Morgan fingerprint density at radius 2 is 1.43 bits per heavy atom. The summed E-state index contributed by atoms with van der Waals surface area (Å²) in [5.74, 6) is 0.681. The number of benzene rings is 2. The van der Waals surface area contributed by atoms with E-state index in [1.54, 1.807) is 0 Å². The van der Waals surface area contributed by atoms with Gasteiger partial charge in [-0.15, -0.1) is 0 Å². The summed E-state index contributed by atoms with van der Waals surface area (Å²) >= 11 is 0. The summed E-state index contributed by atoms with van der Waals surface area (Å²) in [7, 11) is 0. The third-order valence-corrected chi connectivity index (χ3v) is 6.89. The molecule has 0 nitrogen and oxygen atoms in total.